The highest BCUT2D eigenvalue weighted by Crippen LogP contribution is 2.23. The van der Waals surface area contributed by atoms with Crippen LogP contribution in [0.1, 0.15) is 32.4 Å². The number of nitrogens with one attached hydrogen (secondary N) is 1. The minimum absolute atomic E-state index is 0.565. The lowest BCUT2D eigenvalue weighted by atomic mass is 10.1. The fourth-order valence-corrected chi connectivity index (χ4v) is 2.25. The maximum atomic E-state index is 5.37. The second-order valence-corrected chi connectivity index (χ2v) is 4.73. The number of hydrogen-bond donors (Lipinski definition) is 1. The molecule has 0 bridgehead atoms. The van der Waals surface area contributed by atoms with Gasteiger partial charge in [-0.25, -0.2) is 4.98 Å². The number of para-hydroxylation sites is 1. The molecule has 1 aromatic heterocycles. The van der Waals surface area contributed by atoms with Gasteiger partial charge < -0.3 is 10.1 Å². The molecule has 0 atom stereocenters. The van der Waals surface area contributed by atoms with Gasteiger partial charge in [-0.3, -0.25) is 0 Å². The summed E-state index contributed by atoms with van der Waals surface area (Å²) in [7, 11) is 1.69. The van der Waals surface area contributed by atoms with Crippen LogP contribution < -0.4 is 10.1 Å². The van der Waals surface area contributed by atoms with E-state index in [4.69, 9.17) is 9.72 Å². The number of aromatic nitrogens is 1. The molecule has 0 aliphatic heterocycles. The van der Waals surface area contributed by atoms with E-state index in [1.165, 1.54) is 0 Å². The van der Waals surface area contributed by atoms with Gasteiger partial charge in [0.25, 0.3) is 0 Å². The molecule has 0 aliphatic carbocycles. The first-order valence-corrected chi connectivity index (χ1v) is 6.94. The Morgan fingerprint density at radius 1 is 1.16 bits per heavy atom. The summed E-state index contributed by atoms with van der Waals surface area (Å²) in [4.78, 5) is 4.70. The van der Waals surface area contributed by atoms with Gasteiger partial charge in [0, 0.05) is 18.0 Å². The third-order valence-corrected chi connectivity index (χ3v) is 3.52. The average molecular weight is 258 g/mol. The van der Waals surface area contributed by atoms with Crippen molar-refractivity contribution in [2.45, 2.75) is 39.3 Å². The zero-order valence-electron chi connectivity index (χ0n) is 11.9. The van der Waals surface area contributed by atoms with E-state index >= 15 is 0 Å². The van der Waals surface area contributed by atoms with E-state index in [2.05, 4.69) is 37.4 Å². The highest BCUT2D eigenvalue weighted by Gasteiger charge is 2.06. The second-order valence-electron chi connectivity index (χ2n) is 4.73. The van der Waals surface area contributed by atoms with E-state index in [9.17, 15) is 0 Å². The van der Waals surface area contributed by atoms with Crippen molar-refractivity contribution in [2.75, 3.05) is 7.11 Å². The molecule has 0 fully saturated rings. The monoisotopic (exact) mass is 258 g/mol. The number of pyridine rings is 1. The van der Waals surface area contributed by atoms with Crippen molar-refractivity contribution in [3.8, 4) is 5.75 Å². The molecule has 1 N–H and O–H groups in total. The van der Waals surface area contributed by atoms with Gasteiger partial charge in [0.2, 0.25) is 0 Å². The molecule has 2 rings (SSSR count). The summed E-state index contributed by atoms with van der Waals surface area (Å²) in [5.41, 5.74) is 2.00. The fourth-order valence-electron chi connectivity index (χ4n) is 2.25. The van der Waals surface area contributed by atoms with E-state index in [-0.39, 0.29) is 0 Å². The van der Waals surface area contributed by atoms with Crippen molar-refractivity contribution < 1.29 is 4.74 Å². The van der Waals surface area contributed by atoms with E-state index < -0.39 is 0 Å². The van der Waals surface area contributed by atoms with Crippen molar-refractivity contribution in [2.24, 2.45) is 0 Å². The Bertz CT molecular complexity index is 535. The van der Waals surface area contributed by atoms with Gasteiger partial charge in [-0.2, -0.15) is 0 Å². The number of fused-ring (bicyclic) bond motifs is 1. The van der Waals surface area contributed by atoms with E-state index in [0.717, 1.165) is 41.7 Å². The standard InChI is InChI=1S/C16H22N2O/c1-4-13(5-2)17-11-14-10-9-12-7-6-8-15(19-3)16(12)18-14/h6-10,13,17H,4-5,11H2,1-3H3. The maximum absolute atomic E-state index is 5.37. The SMILES string of the molecule is CCC(CC)NCc1ccc2cccc(OC)c2n1. The Kier molecular flexibility index (Phi) is 4.74. The van der Waals surface area contributed by atoms with Crippen molar-refractivity contribution >= 4 is 10.9 Å². The third kappa shape index (κ3) is 3.24. The first kappa shape index (κ1) is 13.8. The topological polar surface area (TPSA) is 34.1 Å². The molecule has 2 aromatic rings. The van der Waals surface area contributed by atoms with Crippen LogP contribution in [0.3, 0.4) is 0 Å². The molecular weight excluding hydrogens is 236 g/mol. The quantitative estimate of drug-likeness (QED) is 0.860. The van der Waals surface area contributed by atoms with Crippen LogP contribution in [0, 0.1) is 0 Å². The molecule has 0 radical (unpaired) electrons. The number of methoxy groups -OCH3 is 1. The van der Waals surface area contributed by atoms with E-state index in [1.807, 2.05) is 12.1 Å². The summed E-state index contributed by atoms with van der Waals surface area (Å²) in [6.45, 7) is 5.22. The second kappa shape index (κ2) is 6.53. The largest absolute Gasteiger partial charge is 0.494 e. The van der Waals surface area contributed by atoms with Crippen LogP contribution in [0.15, 0.2) is 30.3 Å². The lowest BCUT2D eigenvalue weighted by Crippen LogP contribution is -2.27. The zero-order valence-corrected chi connectivity index (χ0v) is 11.9. The Morgan fingerprint density at radius 3 is 2.63 bits per heavy atom. The number of rotatable bonds is 6. The van der Waals surface area contributed by atoms with Crippen LogP contribution in [0.25, 0.3) is 10.9 Å². The first-order valence-electron chi connectivity index (χ1n) is 6.94. The number of hydrogen-bond acceptors (Lipinski definition) is 3. The minimum Gasteiger partial charge on any atom is -0.494 e. The van der Waals surface area contributed by atoms with Crippen LogP contribution in [0.2, 0.25) is 0 Å². The molecule has 0 saturated heterocycles. The third-order valence-electron chi connectivity index (χ3n) is 3.52. The van der Waals surface area contributed by atoms with Gasteiger partial charge in [-0.05, 0) is 25.0 Å². The highest BCUT2D eigenvalue weighted by molar-refractivity contribution is 5.84. The summed E-state index contributed by atoms with van der Waals surface area (Å²) < 4.78 is 5.37. The van der Waals surface area contributed by atoms with Gasteiger partial charge in [-0.15, -0.1) is 0 Å². The Morgan fingerprint density at radius 2 is 1.95 bits per heavy atom. The van der Waals surface area contributed by atoms with Crippen LogP contribution in [-0.2, 0) is 6.54 Å². The summed E-state index contributed by atoms with van der Waals surface area (Å²) in [6.07, 6.45) is 2.29. The molecule has 0 amide bonds. The smallest absolute Gasteiger partial charge is 0.145 e. The molecule has 1 aromatic carbocycles. The first-order chi connectivity index (χ1) is 9.28. The Balaban J connectivity index is 2.21. The van der Waals surface area contributed by atoms with Crippen molar-refractivity contribution in [3.05, 3.63) is 36.0 Å². The van der Waals surface area contributed by atoms with Gasteiger partial charge in [-0.1, -0.05) is 32.0 Å². The van der Waals surface area contributed by atoms with Crippen molar-refractivity contribution in [3.63, 3.8) is 0 Å². The van der Waals surface area contributed by atoms with Gasteiger partial charge in [0.05, 0.1) is 12.8 Å². The molecule has 0 aliphatic rings. The molecule has 0 spiro atoms. The molecule has 1 heterocycles. The number of nitrogens with zero attached hydrogens (tertiary/aromatic N) is 1. The Labute approximate surface area is 115 Å². The van der Waals surface area contributed by atoms with Crippen LogP contribution in [0.5, 0.6) is 5.75 Å². The average Bonchev–Trinajstić information content (AvgIpc) is 2.47. The van der Waals surface area contributed by atoms with Crippen LogP contribution >= 0.6 is 0 Å². The predicted octanol–water partition coefficient (Wildman–Crippen LogP) is 3.52. The maximum Gasteiger partial charge on any atom is 0.145 e. The van der Waals surface area contributed by atoms with Crippen LogP contribution in [-0.4, -0.2) is 18.1 Å². The molecule has 0 saturated carbocycles. The number of benzene rings is 1. The van der Waals surface area contributed by atoms with Crippen molar-refractivity contribution in [1.29, 1.82) is 0 Å². The van der Waals surface area contributed by atoms with E-state index in [0.29, 0.717) is 6.04 Å². The number of ether oxygens (including phenoxy) is 1. The highest BCUT2D eigenvalue weighted by atomic mass is 16.5. The molecular formula is C16H22N2O. The molecule has 102 valence electrons. The molecule has 3 heteroatoms. The summed E-state index contributed by atoms with van der Waals surface area (Å²) in [5.74, 6) is 0.835. The summed E-state index contributed by atoms with van der Waals surface area (Å²) in [6, 6.07) is 10.8. The van der Waals surface area contributed by atoms with Crippen LogP contribution in [0.4, 0.5) is 0 Å². The summed E-state index contributed by atoms with van der Waals surface area (Å²) in [5, 5.41) is 4.65. The lowest BCUT2D eigenvalue weighted by molar-refractivity contribution is 0.418. The van der Waals surface area contributed by atoms with E-state index in [1.54, 1.807) is 7.11 Å². The lowest BCUT2D eigenvalue weighted by Gasteiger charge is -2.14. The molecule has 3 nitrogen and oxygen atoms in total. The minimum atomic E-state index is 0.565. The van der Waals surface area contributed by atoms with Gasteiger partial charge in [0.15, 0.2) is 0 Å². The fraction of sp³-hybridized carbons (Fsp3) is 0.438. The zero-order chi connectivity index (χ0) is 13.7. The molecule has 19 heavy (non-hydrogen) atoms. The normalized spacial score (nSPS) is 11.2. The van der Waals surface area contributed by atoms with Gasteiger partial charge >= 0.3 is 0 Å². The predicted molar refractivity (Wildman–Crippen MR) is 79.5 cm³/mol. The summed E-state index contributed by atoms with van der Waals surface area (Å²) >= 11 is 0. The Hall–Kier alpha value is -1.61. The molecule has 0 unspecified atom stereocenters. The van der Waals surface area contributed by atoms with Gasteiger partial charge in [0.1, 0.15) is 11.3 Å². The van der Waals surface area contributed by atoms with Crippen molar-refractivity contribution in [1.82, 2.24) is 10.3 Å².